The third-order valence-corrected chi connectivity index (χ3v) is 4.29. The Morgan fingerprint density at radius 3 is 2.65 bits per heavy atom. The number of nitrogens with zero attached hydrogens (tertiary/aromatic N) is 1. The smallest absolute Gasteiger partial charge is 0.240 e. The molecule has 0 bridgehead atoms. The van der Waals surface area contributed by atoms with Gasteiger partial charge < -0.3 is 15.2 Å². The van der Waals surface area contributed by atoms with Gasteiger partial charge in [-0.3, -0.25) is 4.79 Å². The van der Waals surface area contributed by atoms with Gasteiger partial charge in [0, 0.05) is 36.4 Å². The van der Waals surface area contributed by atoms with E-state index < -0.39 is 6.10 Å². The molecule has 3 rings (SSSR count). The Bertz CT molecular complexity index is 817. The Morgan fingerprint density at radius 2 is 1.96 bits per heavy atom. The minimum Gasteiger partial charge on any atom is -0.490 e. The van der Waals surface area contributed by atoms with Crippen LogP contribution < -0.4 is 15.5 Å². The maximum atomic E-state index is 11.3. The molecule has 2 aromatic carbocycles. The Hall–Kier alpha value is -2.44. The Kier molecular flexibility index (Phi) is 5.85. The zero-order chi connectivity index (χ0) is 18.5. The van der Waals surface area contributed by atoms with E-state index in [1.165, 1.54) is 0 Å². The van der Waals surface area contributed by atoms with Crippen LogP contribution in [-0.2, 0) is 4.79 Å². The lowest BCUT2D eigenvalue weighted by atomic mass is 9.97. The molecule has 0 radical (unpaired) electrons. The van der Waals surface area contributed by atoms with Crippen molar-refractivity contribution in [3.8, 4) is 5.75 Å². The molecule has 0 aliphatic carbocycles. The van der Waals surface area contributed by atoms with E-state index in [1.54, 1.807) is 0 Å². The number of fused-ring (bicyclic) bond motifs is 1. The van der Waals surface area contributed by atoms with Crippen molar-refractivity contribution in [2.24, 2.45) is 5.10 Å². The number of amides is 1. The summed E-state index contributed by atoms with van der Waals surface area (Å²) in [6.45, 7) is 4.79. The van der Waals surface area contributed by atoms with E-state index in [1.807, 2.05) is 50.2 Å². The summed E-state index contributed by atoms with van der Waals surface area (Å²) in [4.78, 5) is 11.3. The van der Waals surface area contributed by atoms with Crippen molar-refractivity contribution < 1.29 is 14.6 Å². The van der Waals surface area contributed by atoms with Crippen LogP contribution >= 0.6 is 0 Å². The molecule has 6 nitrogen and oxygen atoms in total. The van der Waals surface area contributed by atoms with Crippen LogP contribution in [0.15, 0.2) is 41.5 Å². The van der Waals surface area contributed by atoms with Gasteiger partial charge in [-0.05, 0) is 17.5 Å². The number of aliphatic hydroxyl groups excluding tert-OH is 1. The van der Waals surface area contributed by atoms with E-state index in [9.17, 15) is 9.90 Å². The van der Waals surface area contributed by atoms with Crippen LogP contribution in [0.4, 0.5) is 0 Å². The second-order valence-electron chi connectivity index (χ2n) is 6.78. The van der Waals surface area contributed by atoms with Crippen molar-refractivity contribution >= 4 is 22.4 Å². The van der Waals surface area contributed by atoms with Crippen LogP contribution in [0, 0.1) is 0 Å². The molecular weight excluding hydrogens is 330 g/mol. The number of carbonyl (C=O) groups is 1. The number of benzene rings is 2. The van der Waals surface area contributed by atoms with Gasteiger partial charge in [0.25, 0.3) is 0 Å². The van der Waals surface area contributed by atoms with Crippen LogP contribution in [0.1, 0.15) is 32.3 Å². The predicted molar refractivity (Wildman–Crippen MR) is 103 cm³/mol. The van der Waals surface area contributed by atoms with Crippen molar-refractivity contribution in [2.75, 3.05) is 13.2 Å². The summed E-state index contributed by atoms with van der Waals surface area (Å²) >= 11 is 0. The van der Waals surface area contributed by atoms with Crippen molar-refractivity contribution in [3.05, 3.63) is 42.0 Å². The fraction of sp³-hybridized carbons (Fsp3) is 0.400. The molecule has 3 N–H and O–H groups in total. The van der Waals surface area contributed by atoms with E-state index in [4.69, 9.17) is 4.74 Å². The standard InChI is InChI=1S/C20H25N3O3/c1-13(2)21-11-14(24)12-26-19-9-7-16(15-5-3-4-6-17(15)19)18-8-10-20(25)23-22-18/h3-7,9,13-14,21,24H,8,10-12H2,1-2H3,(H,23,25). The number of ether oxygens (including phenoxy) is 1. The van der Waals surface area contributed by atoms with Crippen molar-refractivity contribution in [3.63, 3.8) is 0 Å². The first-order valence-electron chi connectivity index (χ1n) is 8.96. The zero-order valence-electron chi connectivity index (χ0n) is 15.2. The highest BCUT2D eigenvalue weighted by Gasteiger charge is 2.17. The van der Waals surface area contributed by atoms with Crippen molar-refractivity contribution in [2.45, 2.75) is 38.8 Å². The molecule has 26 heavy (non-hydrogen) atoms. The number of nitrogens with one attached hydrogen (secondary N) is 2. The first kappa shape index (κ1) is 18.4. The fourth-order valence-corrected chi connectivity index (χ4v) is 2.93. The largest absolute Gasteiger partial charge is 0.490 e. The SMILES string of the molecule is CC(C)NCC(O)COc1ccc(C2=NNC(=O)CC2)c2ccccc12. The van der Waals surface area contributed by atoms with Crippen molar-refractivity contribution in [1.82, 2.24) is 10.7 Å². The van der Waals surface area contributed by atoms with Crippen molar-refractivity contribution in [1.29, 1.82) is 0 Å². The van der Waals surface area contributed by atoms with Crippen LogP contribution in [0.3, 0.4) is 0 Å². The molecule has 0 spiro atoms. The molecule has 1 aliphatic rings. The lowest BCUT2D eigenvalue weighted by Gasteiger charge is -2.18. The normalized spacial score (nSPS) is 15.7. The third-order valence-electron chi connectivity index (χ3n) is 4.29. The summed E-state index contributed by atoms with van der Waals surface area (Å²) in [7, 11) is 0. The van der Waals surface area contributed by atoms with Crippen LogP contribution in [0.5, 0.6) is 5.75 Å². The van der Waals surface area contributed by atoms with Gasteiger partial charge in [0.15, 0.2) is 0 Å². The summed E-state index contributed by atoms with van der Waals surface area (Å²) < 4.78 is 5.87. The lowest BCUT2D eigenvalue weighted by molar-refractivity contribution is -0.121. The second kappa shape index (κ2) is 8.29. The van der Waals surface area contributed by atoms with Gasteiger partial charge in [0.05, 0.1) is 5.71 Å². The highest BCUT2D eigenvalue weighted by molar-refractivity contribution is 6.13. The highest BCUT2D eigenvalue weighted by Crippen LogP contribution is 2.30. The lowest BCUT2D eigenvalue weighted by Crippen LogP contribution is -2.35. The predicted octanol–water partition coefficient (Wildman–Crippen LogP) is 2.19. The zero-order valence-corrected chi connectivity index (χ0v) is 15.2. The molecule has 1 aliphatic heterocycles. The van der Waals surface area contributed by atoms with Gasteiger partial charge in [0.1, 0.15) is 18.5 Å². The van der Waals surface area contributed by atoms with Crippen LogP contribution in [0.25, 0.3) is 10.8 Å². The van der Waals surface area contributed by atoms with E-state index >= 15 is 0 Å². The quantitative estimate of drug-likeness (QED) is 0.711. The van der Waals surface area contributed by atoms with Gasteiger partial charge in [-0.15, -0.1) is 0 Å². The molecule has 1 heterocycles. The molecule has 0 fully saturated rings. The Morgan fingerprint density at radius 1 is 1.19 bits per heavy atom. The van der Waals surface area contributed by atoms with Gasteiger partial charge in [0.2, 0.25) is 5.91 Å². The second-order valence-corrected chi connectivity index (χ2v) is 6.78. The van der Waals surface area contributed by atoms with Gasteiger partial charge in [-0.1, -0.05) is 38.1 Å². The third kappa shape index (κ3) is 4.39. The van der Waals surface area contributed by atoms with Gasteiger partial charge in [-0.25, -0.2) is 5.43 Å². The summed E-state index contributed by atoms with van der Waals surface area (Å²) in [5.41, 5.74) is 4.42. The fourth-order valence-electron chi connectivity index (χ4n) is 2.93. The number of hydrogen-bond donors (Lipinski definition) is 3. The number of hydrazone groups is 1. The monoisotopic (exact) mass is 355 g/mol. The summed E-state index contributed by atoms with van der Waals surface area (Å²) in [6.07, 6.45) is 0.490. The topological polar surface area (TPSA) is 82.9 Å². The Balaban J connectivity index is 1.81. The molecule has 0 saturated carbocycles. The first-order valence-corrected chi connectivity index (χ1v) is 8.96. The summed E-state index contributed by atoms with van der Waals surface area (Å²) in [6, 6.07) is 12.1. The van der Waals surface area contributed by atoms with E-state index in [0.29, 0.717) is 25.4 Å². The van der Waals surface area contributed by atoms with Crippen LogP contribution in [0.2, 0.25) is 0 Å². The molecule has 1 amide bonds. The molecule has 2 aromatic rings. The molecule has 138 valence electrons. The molecule has 6 heteroatoms. The summed E-state index contributed by atoms with van der Waals surface area (Å²) in [5, 5.41) is 19.5. The highest BCUT2D eigenvalue weighted by atomic mass is 16.5. The molecule has 1 atom stereocenters. The van der Waals surface area contributed by atoms with Gasteiger partial charge >= 0.3 is 0 Å². The average molecular weight is 355 g/mol. The number of carbonyl (C=O) groups excluding carboxylic acids is 1. The minimum atomic E-state index is -0.575. The van der Waals surface area contributed by atoms with Crippen LogP contribution in [-0.4, -0.2) is 42.0 Å². The maximum absolute atomic E-state index is 11.3. The molecular formula is C20H25N3O3. The van der Waals surface area contributed by atoms with E-state index in [-0.39, 0.29) is 12.5 Å². The summed E-state index contributed by atoms with van der Waals surface area (Å²) in [5.74, 6) is 0.676. The molecule has 0 aromatic heterocycles. The average Bonchev–Trinajstić information content (AvgIpc) is 2.65. The molecule has 1 unspecified atom stereocenters. The van der Waals surface area contributed by atoms with Gasteiger partial charge in [-0.2, -0.15) is 5.10 Å². The van der Waals surface area contributed by atoms with E-state index in [0.717, 1.165) is 27.8 Å². The number of hydrogen-bond acceptors (Lipinski definition) is 5. The Labute approximate surface area is 153 Å². The van der Waals surface area contributed by atoms with E-state index in [2.05, 4.69) is 15.8 Å². The first-order chi connectivity index (χ1) is 12.5. The number of rotatable bonds is 7. The maximum Gasteiger partial charge on any atom is 0.240 e. The minimum absolute atomic E-state index is 0.0537. The molecule has 0 saturated heterocycles. The number of aliphatic hydroxyl groups is 1.